The van der Waals surface area contributed by atoms with E-state index in [4.69, 9.17) is 0 Å². The molecule has 0 spiro atoms. The van der Waals surface area contributed by atoms with E-state index in [1.807, 2.05) is 73.9 Å². The first-order valence-corrected chi connectivity index (χ1v) is 12.4. The second kappa shape index (κ2) is 10.6. The molecule has 2 heterocycles. The van der Waals surface area contributed by atoms with E-state index in [2.05, 4.69) is 37.6 Å². The zero-order valence-electron chi connectivity index (χ0n) is 18.6. The first-order chi connectivity index (χ1) is 16.0. The van der Waals surface area contributed by atoms with Gasteiger partial charge in [0.05, 0.1) is 11.5 Å². The molecule has 4 aromatic rings. The van der Waals surface area contributed by atoms with E-state index in [-0.39, 0.29) is 11.7 Å². The molecule has 0 saturated heterocycles. The van der Waals surface area contributed by atoms with Crippen LogP contribution in [0.2, 0.25) is 0 Å². The summed E-state index contributed by atoms with van der Waals surface area (Å²) < 4.78 is 2.00. The molecule has 0 unspecified atom stereocenters. The average Bonchev–Trinajstić information content (AvgIpc) is 3.20. The van der Waals surface area contributed by atoms with Crippen molar-refractivity contribution in [2.24, 2.45) is 0 Å². The molecule has 0 saturated carbocycles. The first kappa shape index (κ1) is 23.0. The Kier molecular flexibility index (Phi) is 7.41. The highest BCUT2D eigenvalue weighted by Crippen LogP contribution is 2.26. The van der Waals surface area contributed by atoms with Crippen molar-refractivity contribution in [2.75, 3.05) is 11.1 Å². The van der Waals surface area contributed by atoms with Gasteiger partial charge in [-0.3, -0.25) is 9.36 Å². The number of nitrogens with one attached hydrogen (secondary N) is 1. The van der Waals surface area contributed by atoms with Crippen LogP contribution in [-0.4, -0.2) is 36.4 Å². The summed E-state index contributed by atoms with van der Waals surface area (Å²) in [6.45, 7) is 5.97. The number of thioether (sulfide) groups is 2. The van der Waals surface area contributed by atoms with E-state index in [1.54, 1.807) is 0 Å². The molecule has 2 aromatic heterocycles. The maximum atomic E-state index is 12.4. The number of hydrogen-bond acceptors (Lipinski definition) is 7. The van der Waals surface area contributed by atoms with Crippen molar-refractivity contribution in [1.82, 2.24) is 24.7 Å². The molecule has 9 heteroatoms. The van der Waals surface area contributed by atoms with Crippen LogP contribution in [0.1, 0.15) is 22.8 Å². The van der Waals surface area contributed by atoms with Gasteiger partial charge in [0, 0.05) is 22.8 Å². The standard InChI is InChI=1S/C24H24N6OS2/c1-16-9-11-20(12-10-16)30-21(14-32-23-25-17(2)13-18(3)26-23)28-29-24(30)33-15-22(31)27-19-7-5-4-6-8-19/h4-13H,14-15H2,1-3H3,(H,27,31). The molecule has 0 fully saturated rings. The molecular formula is C24H24N6OS2. The van der Waals surface area contributed by atoms with Crippen LogP contribution in [0.3, 0.4) is 0 Å². The second-order valence-electron chi connectivity index (χ2n) is 7.49. The third kappa shape index (κ3) is 6.21. The number of rotatable bonds is 8. The van der Waals surface area contributed by atoms with Gasteiger partial charge in [-0.25, -0.2) is 9.97 Å². The number of carbonyl (C=O) groups is 1. The van der Waals surface area contributed by atoms with Crippen molar-refractivity contribution in [1.29, 1.82) is 0 Å². The van der Waals surface area contributed by atoms with Crippen LogP contribution in [0.5, 0.6) is 0 Å². The fraction of sp³-hybridized carbons (Fsp3) is 0.208. The highest BCUT2D eigenvalue weighted by Gasteiger charge is 2.17. The van der Waals surface area contributed by atoms with Gasteiger partial charge in [0.25, 0.3) is 0 Å². The maximum absolute atomic E-state index is 12.4. The summed E-state index contributed by atoms with van der Waals surface area (Å²) in [6, 6.07) is 19.5. The minimum Gasteiger partial charge on any atom is -0.325 e. The number of para-hydroxylation sites is 1. The molecule has 0 radical (unpaired) electrons. The number of hydrogen-bond donors (Lipinski definition) is 1. The monoisotopic (exact) mass is 476 g/mol. The lowest BCUT2D eigenvalue weighted by atomic mass is 10.2. The molecule has 0 atom stereocenters. The van der Waals surface area contributed by atoms with Crippen molar-refractivity contribution in [3.63, 3.8) is 0 Å². The van der Waals surface area contributed by atoms with Gasteiger partial charge in [-0.05, 0) is 51.1 Å². The summed E-state index contributed by atoms with van der Waals surface area (Å²) in [7, 11) is 0. The summed E-state index contributed by atoms with van der Waals surface area (Å²) >= 11 is 2.88. The molecule has 0 aliphatic heterocycles. The zero-order valence-corrected chi connectivity index (χ0v) is 20.3. The number of aromatic nitrogens is 5. The fourth-order valence-corrected chi connectivity index (χ4v) is 4.81. The molecule has 168 valence electrons. The molecule has 1 N–H and O–H groups in total. The van der Waals surface area contributed by atoms with Crippen molar-refractivity contribution in [3.8, 4) is 5.69 Å². The third-order valence-corrected chi connectivity index (χ3v) is 6.45. The SMILES string of the molecule is Cc1ccc(-n2c(CSc3nc(C)cc(C)n3)nnc2SCC(=O)Nc2ccccc2)cc1. The lowest BCUT2D eigenvalue weighted by Gasteiger charge is -2.11. The minimum atomic E-state index is -0.0933. The molecule has 0 aliphatic carbocycles. The van der Waals surface area contributed by atoms with E-state index < -0.39 is 0 Å². The van der Waals surface area contributed by atoms with Crippen LogP contribution >= 0.6 is 23.5 Å². The Hall–Kier alpha value is -3.17. The third-order valence-electron chi connectivity index (χ3n) is 4.67. The van der Waals surface area contributed by atoms with Crippen molar-refractivity contribution in [2.45, 2.75) is 36.8 Å². The first-order valence-electron chi connectivity index (χ1n) is 10.4. The molecule has 4 rings (SSSR count). The Balaban J connectivity index is 1.53. The van der Waals surface area contributed by atoms with E-state index in [1.165, 1.54) is 29.1 Å². The highest BCUT2D eigenvalue weighted by molar-refractivity contribution is 7.99. The van der Waals surface area contributed by atoms with Crippen molar-refractivity contribution in [3.05, 3.63) is 83.4 Å². The van der Waals surface area contributed by atoms with Crippen molar-refractivity contribution < 1.29 is 4.79 Å². The van der Waals surface area contributed by atoms with E-state index in [0.29, 0.717) is 16.1 Å². The number of nitrogens with zero attached hydrogens (tertiary/aromatic N) is 5. The maximum Gasteiger partial charge on any atom is 0.234 e. The Labute approximate surface area is 201 Å². The Bertz CT molecular complexity index is 1220. The number of benzene rings is 2. The number of carbonyl (C=O) groups excluding carboxylic acids is 1. The van der Waals surface area contributed by atoms with Crippen LogP contribution in [0.25, 0.3) is 5.69 Å². The van der Waals surface area contributed by atoms with Gasteiger partial charge >= 0.3 is 0 Å². The molecule has 0 bridgehead atoms. The lowest BCUT2D eigenvalue weighted by molar-refractivity contribution is -0.113. The second-order valence-corrected chi connectivity index (χ2v) is 9.38. The van der Waals surface area contributed by atoms with E-state index in [0.717, 1.165) is 28.6 Å². The molecule has 2 aromatic carbocycles. The molecular weight excluding hydrogens is 452 g/mol. The van der Waals surface area contributed by atoms with Crippen LogP contribution in [0, 0.1) is 20.8 Å². The summed E-state index contributed by atoms with van der Waals surface area (Å²) in [5.74, 6) is 1.47. The largest absolute Gasteiger partial charge is 0.325 e. The predicted molar refractivity (Wildman–Crippen MR) is 133 cm³/mol. The molecule has 7 nitrogen and oxygen atoms in total. The molecule has 33 heavy (non-hydrogen) atoms. The zero-order chi connectivity index (χ0) is 23.2. The molecule has 0 aliphatic rings. The normalized spacial score (nSPS) is 10.9. The number of aryl methyl sites for hydroxylation is 3. The van der Waals surface area contributed by atoms with Crippen LogP contribution < -0.4 is 5.32 Å². The predicted octanol–water partition coefficient (Wildman–Crippen LogP) is 5.01. The fourth-order valence-electron chi connectivity index (χ4n) is 3.18. The lowest BCUT2D eigenvalue weighted by Crippen LogP contribution is -2.14. The van der Waals surface area contributed by atoms with Gasteiger partial charge in [0.2, 0.25) is 5.91 Å². The van der Waals surface area contributed by atoms with E-state index in [9.17, 15) is 4.79 Å². The topological polar surface area (TPSA) is 85.6 Å². The highest BCUT2D eigenvalue weighted by atomic mass is 32.2. The minimum absolute atomic E-state index is 0.0933. The Morgan fingerprint density at radius 2 is 1.61 bits per heavy atom. The van der Waals surface area contributed by atoms with E-state index >= 15 is 0 Å². The van der Waals surface area contributed by atoms with Gasteiger partial charge in [-0.1, -0.05) is 59.4 Å². The van der Waals surface area contributed by atoms with Crippen LogP contribution in [0.4, 0.5) is 5.69 Å². The number of anilines is 1. The van der Waals surface area contributed by atoms with Gasteiger partial charge in [-0.2, -0.15) is 0 Å². The average molecular weight is 477 g/mol. The van der Waals surface area contributed by atoms with Crippen LogP contribution in [-0.2, 0) is 10.5 Å². The van der Waals surface area contributed by atoms with Crippen molar-refractivity contribution >= 4 is 35.1 Å². The summed E-state index contributed by atoms with van der Waals surface area (Å²) in [5.41, 5.74) is 4.77. The van der Waals surface area contributed by atoms with Gasteiger partial charge in [0.15, 0.2) is 10.3 Å². The summed E-state index contributed by atoms with van der Waals surface area (Å²) in [6.07, 6.45) is 0. The quantitative estimate of drug-likeness (QED) is 0.283. The molecule has 1 amide bonds. The van der Waals surface area contributed by atoms with Gasteiger partial charge in [0.1, 0.15) is 5.82 Å². The Morgan fingerprint density at radius 1 is 0.909 bits per heavy atom. The Morgan fingerprint density at radius 3 is 2.30 bits per heavy atom. The van der Waals surface area contributed by atoms with Crippen LogP contribution in [0.15, 0.2) is 71.0 Å². The van der Waals surface area contributed by atoms with Gasteiger partial charge < -0.3 is 5.32 Å². The smallest absolute Gasteiger partial charge is 0.234 e. The van der Waals surface area contributed by atoms with Gasteiger partial charge in [-0.15, -0.1) is 10.2 Å². The summed E-state index contributed by atoms with van der Waals surface area (Å²) in [4.78, 5) is 21.5. The number of amides is 1. The summed E-state index contributed by atoms with van der Waals surface area (Å²) in [5, 5.41) is 13.1.